The summed E-state index contributed by atoms with van der Waals surface area (Å²) in [6.07, 6.45) is -0.469. The highest BCUT2D eigenvalue weighted by molar-refractivity contribution is 7.89. The Bertz CT molecular complexity index is 626. The van der Waals surface area contributed by atoms with Crippen molar-refractivity contribution in [2.24, 2.45) is 5.73 Å². The number of nitrogens with two attached hydrogens (primary N) is 1. The Morgan fingerprint density at radius 2 is 2.14 bits per heavy atom. The van der Waals surface area contributed by atoms with Gasteiger partial charge in [-0.3, -0.25) is 4.98 Å². The molecule has 0 fully saturated rings. The Labute approximate surface area is 121 Å². The normalized spacial score (nSPS) is 11.5. The summed E-state index contributed by atoms with van der Waals surface area (Å²) >= 11 is 0. The average Bonchev–Trinajstić information content (AvgIpc) is 2.44. The first-order valence-corrected chi connectivity index (χ1v) is 7.39. The number of sulfonamides is 1. The molecule has 0 atom stereocenters. The van der Waals surface area contributed by atoms with Gasteiger partial charge in [0, 0.05) is 24.5 Å². The summed E-state index contributed by atoms with van der Waals surface area (Å²) in [5.41, 5.74) is 5.52. The first kappa shape index (κ1) is 17.5. The van der Waals surface area contributed by atoms with Crippen LogP contribution in [-0.4, -0.2) is 55.5 Å². The highest BCUT2D eigenvalue weighted by Gasteiger charge is 2.27. The Morgan fingerprint density at radius 3 is 2.71 bits per heavy atom. The van der Waals surface area contributed by atoms with Crippen molar-refractivity contribution < 1.29 is 22.3 Å². The van der Waals surface area contributed by atoms with Crippen molar-refractivity contribution in [2.45, 2.75) is 11.3 Å². The second-order valence-corrected chi connectivity index (χ2v) is 5.83. The molecule has 1 aromatic heterocycles. The zero-order valence-corrected chi connectivity index (χ0v) is 11.9. The van der Waals surface area contributed by atoms with Crippen LogP contribution in [0.3, 0.4) is 0 Å². The van der Waals surface area contributed by atoms with Crippen molar-refractivity contribution in [1.82, 2.24) is 9.29 Å². The van der Waals surface area contributed by atoms with E-state index in [4.69, 9.17) is 10.8 Å². The molecule has 3 N–H and O–H groups in total. The molecule has 6 nitrogen and oxygen atoms in total. The van der Waals surface area contributed by atoms with Crippen molar-refractivity contribution in [3.63, 3.8) is 0 Å². The molecule has 1 aromatic rings. The Hall–Kier alpha value is -1.60. The number of alkyl halides is 2. The summed E-state index contributed by atoms with van der Waals surface area (Å²) in [5, 5.41) is 8.83. The van der Waals surface area contributed by atoms with E-state index in [2.05, 4.69) is 16.8 Å². The van der Waals surface area contributed by atoms with Gasteiger partial charge in [-0.1, -0.05) is 11.8 Å². The minimum absolute atomic E-state index is 0.0962. The molecule has 21 heavy (non-hydrogen) atoms. The lowest BCUT2D eigenvalue weighted by Gasteiger charge is -2.20. The lowest BCUT2D eigenvalue weighted by atomic mass is 10.3. The van der Waals surface area contributed by atoms with Gasteiger partial charge in [0.2, 0.25) is 10.0 Å². The molecule has 0 unspecified atom stereocenters. The van der Waals surface area contributed by atoms with Gasteiger partial charge in [-0.15, -0.1) is 0 Å². The molecule has 116 valence electrons. The zero-order chi connectivity index (χ0) is 15.9. The quantitative estimate of drug-likeness (QED) is 0.698. The molecular weight excluding hydrogens is 304 g/mol. The van der Waals surface area contributed by atoms with Crippen LogP contribution in [0.25, 0.3) is 0 Å². The Kier molecular flexibility index (Phi) is 6.64. The van der Waals surface area contributed by atoms with Crippen molar-refractivity contribution in [3.05, 3.63) is 24.0 Å². The Morgan fingerprint density at radius 1 is 1.43 bits per heavy atom. The predicted octanol–water partition coefficient (Wildman–Crippen LogP) is -0.360. The van der Waals surface area contributed by atoms with Crippen molar-refractivity contribution in [3.8, 4) is 11.8 Å². The van der Waals surface area contributed by atoms with E-state index in [1.165, 1.54) is 12.3 Å². The second-order valence-electron chi connectivity index (χ2n) is 3.89. The SMILES string of the molecule is NCC#Cc1cncc(S(=O)(=O)N(CCO)CC(F)F)c1. The molecule has 0 aliphatic carbocycles. The lowest BCUT2D eigenvalue weighted by molar-refractivity contribution is 0.113. The van der Waals surface area contributed by atoms with E-state index in [9.17, 15) is 17.2 Å². The number of nitrogens with zero attached hydrogens (tertiary/aromatic N) is 2. The standard InChI is InChI=1S/C12H15F2N3O3S/c13-12(14)9-17(4-5-18)21(19,20)11-6-10(2-1-3-15)7-16-8-11/h6-8,12,18H,3-5,9,15H2. The van der Waals surface area contributed by atoms with Crippen molar-refractivity contribution in [2.75, 3.05) is 26.2 Å². The van der Waals surface area contributed by atoms with E-state index in [1.54, 1.807) is 0 Å². The van der Waals surface area contributed by atoms with Gasteiger partial charge in [0.1, 0.15) is 4.90 Å². The number of pyridine rings is 1. The third-order valence-electron chi connectivity index (χ3n) is 2.38. The van der Waals surface area contributed by atoms with Gasteiger partial charge >= 0.3 is 0 Å². The molecule has 0 aliphatic rings. The molecule has 0 aromatic carbocycles. The minimum Gasteiger partial charge on any atom is -0.395 e. The summed E-state index contributed by atoms with van der Waals surface area (Å²) in [4.78, 5) is 3.46. The first-order chi connectivity index (χ1) is 9.91. The Balaban J connectivity index is 3.15. The van der Waals surface area contributed by atoms with Crippen LogP contribution in [0.4, 0.5) is 8.78 Å². The van der Waals surface area contributed by atoms with Gasteiger partial charge in [-0.25, -0.2) is 17.2 Å². The van der Waals surface area contributed by atoms with E-state index in [-0.39, 0.29) is 11.4 Å². The number of aliphatic hydroxyl groups excluding tert-OH is 1. The van der Waals surface area contributed by atoms with Crippen LogP contribution in [0.2, 0.25) is 0 Å². The van der Waals surface area contributed by atoms with Gasteiger partial charge < -0.3 is 10.8 Å². The molecule has 0 bridgehead atoms. The summed E-state index contributed by atoms with van der Waals surface area (Å²) in [7, 11) is -4.17. The monoisotopic (exact) mass is 319 g/mol. The molecule has 9 heteroatoms. The van der Waals surface area contributed by atoms with Gasteiger partial charge in [-0.05, 0) is 6.07 Å². The third kappa shape index (κ3) is 5.02. The minimum atomic E-state index is -4.17. The highest BCUT2D eigenvalue weighted by Crippen LogP contribution is 2.16. The van der Waals surface area contributed by atoms with Crippen LogP contribution >= 0.6 is 0 Å². The van der Waals surface area contributed by atoms with Crippen LogP contribution in [0, 0.1) is 11.8 Å². The summed E-state index contributed by atoms with van der Waals surface area (Å²) in [5.74, 6) is 5.15. The second kappa shape index (κ2) is 7.99. The zero-order valence-electron chi connectivity index (χ0n) is 11.0. The maximum Gasteiger partial charge on any atom is 0.252 e. The maximum atomic E-state index is 12.5. The largest absolute Gasteiger partial charge is 0.395 e. The number of aliphatic hydroxyl groups is 1. The molecular formula is C12H15F2N3O3S. The number of hydrogen-bond donors (Lipinski definition) is 2. The highest BCUT2D eigenvalue weighted by atomic mass is 32.2. The lowest BCUT2D eigenvalue weighted by Crippen LogP contribution is -2.37. The van der Waals surface area contributed by atoms with E-state index in [0.29, 0.717) is 9.87 Å². The fourth-order valence-electron chi connectivity index (χ4n) is 1.51. The van der Waals surface area contributed by atoms with E-state index < -0.39 is 36.1 Å². The summed E-state index contributed by atoms with van der Waals surface area (Å²) in [6, 6.07) is 1.22. The fourth-order valence-corrected chi connectivity index (χ4v) is 2.90. The van der Waals surface area contributed by atoms with Gasteiger partial charge in [0.15, 0.2) is 0 Å². The number of aromatic nitrogens is 1. The topological polar surface area (TPSA) is 96.5 Å². The predicted molar refractivity (Wildman–Crippen MR) is 72.0 cm³/mol. The van der Waals surface area contributed by atoms with Crippen molar-refractivity contribution >= 4 is 10.0 Å². The molecule has 0 radical (unpaired) electrons. The van der Waals surface area contributed by atoms with Gasteiger partial charge in [0.05, 0.1) is 19.7 Å². The number of rotatable bonds is 6. The summed E-state index contributed by atoms with van der Waals surface area (Å²) < 4.78 is 49.9. The van der Waals surface area contributed by atoms with Crippen LogP contribution in [0.1, 0.15) is 5.56 Å². The molecule has 0 saturated carbocycles. The van der Waals surface area contributed by atoms with Crippen molar-refractivity contribution in [1.29, 1.82) is 0 Å². The third-order valence-corrected chi connectivity index (χ3v) is 4.21. The van der Waals surface area contributed by atoms with E-state index in [1.807, 2.05) is 0 Å². The van der Waals surface area contributed by atoms with Crippen LogP contribution in [-0.2, 0) is 10.0 Å². The van der Waals surface area contributed by atoms with Crippen LogP contribution in [0.5, 0.6) is 0 Å². The number of hydrogen-bond acceptors (Lipinski definition) is 5. The fraction of sp³-hybridized carbons (Fsp3) is 0.417. The molecule has 0 aliphatic heterocycles. The van der Waals surface area contributed by atoms with E-state index >= 15 is 0 Å². The molecule has 0 saturated heterocycles. The van der Waals surface area contributed by atoms with E-state index in [0.717, 1.165) is 6.20 Å². The van der Waals surface area contributed by atoms with Gasteiger partial charge in [-0.2, -0.15) is 4.31 Å². The average molecular weight is 319 g/mol. The molecule has 0 spiro atoms. The van der Waals surface area contributed by atoms with Crippen LogP contribution in [0.15, 0.2) is 23.4 Å². The molecule has 1 rings (SSSR count). The molecule has 0 amide bonds. The summed E-state index contributed by atoms with van der Waals surface area (Å²) in [6.45, 7) is -1.89. The van der Waals surface area contributed by atoms with Gasteiger partial charge in [0.25, 0.3) is 6.43 Å². The smallest absolute Gasteiger partial charge is 0.252 e. The number of halogens is 2. The first-order valence-electron chi connectivity index (χ1n) is 5.95. The molecule has 1 heterocycles. The van der Waals surface area contributed by atoms with Crippen LogP contribution < -0.4 is 5.73 Å². The maximum absolute atomic E-state index is 12.5.